The first-order valence-electron chi connectivity index (χ1n) is 6.73. The van der Waals surface area contributed by atoms with Crippen molar-refractivity contribution in [2.45, 2.75) is 18.9 Å². The van der Waals surface area contributed by atoms with Crippen molar-refractivity contribution in [2.24, 2.45) is 0 Å². The highest BCUT2D eigenvalue weighted by Crippen LogP contribution is 2.28. The van der Waals surface area contributed by atoms with Gasteiger partial charge in [-0.15, -0.1) is 12.4 Å². The minimum atomic E-state index is -0.221. The predicted octanol–water partition coefficient (Wildman–Crippen LogP) is 2.73. The maximum absolute atomic E-state index is 13.7. The Labute approximate surface area is 134 Å². The van der Waals surface area contributed by atoms with Crippen molar-refractivity contribution in [1.29, 1.82) is 0 Å². The Morgan fingerprint density at radius 1 is 1.35 bits per heavy atom. The molecule has 1 fully saturated rings. The van der Waals surface area contributed by atoms with Crippen LogP contribution in [0, 0.1) is 5.82 Å². The molecule has 1 atom stereocenters. The average Bonchev–Trinajstić information content (AvgIpc) is 2.44. The van der Waals surface area contributed by atoms with E-state index in [1.165, 1.54) is 0 Å². The molecular formula is C14H21BrClFN2O. The van der Waals surface area contributed by atoms with Crippen LogP contribution in [0.25, 0.3) is 0 Å². The molecule has 1 aromatic carbocycles. The van der Waals surface area contributed by atoms with Gasteiger partial charge >= 0.3 is 0 Å². The van der Waals surface area contributed by atoms with E-state index >= 15 is 0 Å². The van der Waals surface area contributed by atoms with E-state index in [2.05, 4.69) is 26.1 Å². The summed E-state index contributed by atoms with van der Waals surface area (Å²) < 4.78 is 14.2. The van der Waals surface area contributed by atoms with Gasteiger partial charge < -0.3 is 10.4 Å². The van der Waals surface area contributed by atoms with Crippen LogP contribution in [0.5, 0.6) is 0 Å². The lowest BCUT2D eigenvalue weighted by atomic mass is 9.99. The predicted molar refractivity (Wildman–Crippen MR) is 84.9 cm³/mol. The van der Waals surface area contributed by atoms with Crippen LogP contribution in [0.1, 0.15) is 24.4 Å². The fourth-order valence-corrected chi connectivity index (χ4v) is 2.80. The van der Waals surface area contributed by atoms with Gasteiger partial charge in [0.05, 0.1) is 4.47 Å². The Kier molecular flexibility index (Phi) is 7.99. The average molecular weight is 368 g/mol. The zero-order valence-electron chi connectivity index (χ0n) is 11.3. The third kappa shape index (κ3) is 4.67. The summed E-state index contributed by atoms with van der Waals surface area (Å²) in [6, 6.07) is 5.53. The molecule has 3 nitrogen and oxygen atoms in total. The van der Waals surface area contributed by atoms with E-state index in [1.807, 2.05) is 6.07 Å². The second-order valence-electron chi connectivity index (χ2n) is 4.84. The second kappa shape index (κ2) is 8.95. The highest BCUT2D eigenvalue weighted by molar-refractivity contribution is 9.10. The molecule has 0 amide bonds. The largest absolute Gasteiger partial charge is 0.396 e. The number of aliphatic hydroxyl groups is 1. The molecule has 0 aromatic heterocycles. The van der Waals surface area contributed by atoms with Gasteiger partial charge in [0.25, 0.3) is 0 Å². The van der Waals surface area contributed by atoms with E-state index in [4.69, 9.17) is 5.11 Å². The van der Waals surface area contributed by atoms with Gasteiger partial charge in [-0.25, -0.2) is 4.39 Å². The molecule has 1 heterocycles. The van der Waals surface area contributed by atoms with Crippen LogP contribution in [0.3, 0.4) is 0 Å². The summed E-state index contributed by atoms with van der Waals surface area (Å²) >= 11 is 3.19. The van der Waals surface area contributed by atoms with Gasteiger partial charge in [0, 0.05) is 38.8 Å². The van der Waals surface area contributed by atoms with Crippen LogP contribution in [0.2, 0.25) is 0 Å². The van der Waals surface area contributed by atoms with E-state index in [-0.39, 0.29) is 30.9 Å². The van der Waals surface area contributed by atoms with Crippen LogP contribution < -0.4 is 5.32 Å². The molecule has 0 bridgehead atoms. The standard InChI is InChI=1S/C14H20BrFN2O.ClH/c15-12-4-3-11(10-13(12)16)14(2-1-9-19)18-7-5-17-6-8-18;/h3-4,10,14,17,19H,1-2,5-9H2;1H/t14-;/m1./s1. The van der Waals surface area contributed by atoms with Gasteiger partial charge in [0.1, 0.15) is 5.82 Å². The summed E-state index contributed by atoms with van der Waals surface area (Å²) in [6.45, 7) is 4.05. The number of piperazine rings is 1. The van der Waals surface area contributed by atoms with E-state index in [1.54, 1.807) is 12.1 Å². The van der Waals surface area contributed by atoms with Crippen molar-refractivity contribution in [3.8, 4) is 0 Å². The topological polar surface area (TPSA) is 35.5 Å². The zero-order valence-corrected chi connectivity index (χ0v) is 13.7. The summed E-state index contributed by atoms with van der Waals surface area (Å²) in [5.74, 6) is -0.221. The fourth-order valence-electron chi connectivity index (χ4n) is 2.56. The van der Waals surface area contributed by atoms with Crippen LogP contribution in [0.15, 0.2) is 22.7 Å². The third-order valence-corrected chi connectivity index (χ3v) is 4.20. The maximum atomic E-state index is 13.7. The van der Waals surface area contributed by atoms with Gasteiger partial charge in [0.2, 0.25) is 0 Å². The van der Waals surface area contributed by atoms with Crippen molar-refractivity contribution in [2.75, 3.05) is 32.8 Å². The monoisotopic (exact) mass is 366 g/mol. The molecule has 0 unspecified atom stereocenters. The van der Waals surface area contributed by atoms with Crippen LogP contribution in [0.4, 0.5) is 4.39 Å². The number of hydrogen-bond donors (Lipinski definition) is 2. The molecule has 0 saturated carbocycles. The van der Waals surface area contributed by atoms with Crippen molar-refractivity contribution in [1.82, 2.24) is 10.2 Å². The molecule has 2 rings (SSSR count). The van der Waals surface area contributed by atoms with Crippen LogP contribution in [-0.4, -0.2) is 42.8 Å². The fraction of sp³-hybridized carbons (Fsp3) is 0.571. The Balaban J connectivity index is 0.00000200. The number of rotatable bonds is 5. The molecular weight excluding hydrogens is 347 g/mol. The van der Waals surface area contributed by atoms with Crippen molar-refractivity contribution < 1.29 is 9.50 Å². The lowest BCUT2D eigenvalue weighted by Gasteiger charge is -2.35. The smallest absolute Gasteiger partial charge is 0.137 e. The number of halogens is 3. The van der Waals surface area contributed by atoms with Gasteiger partial charge in [-0.2, -0.15) is 0 Å². The van der Waals surface area contributed by atoms with Gasteiger partial charge in [-0.3, -0.25) is 4.90 Å². The molecule has 114 valence electrons. The van der Waals surface area contributed by atoms with Gasteiger partial charge in [-0.05, 0) is 46.5 Å². The minimum absolute atomic E-state index is 0. The summed E-state index contributed by atoms with van der Waals surface area (Å²) in [4.78, 5) is 2.37. The quantitative estimate of drug-likeness (QED) is 0.840. The second-order valence-corrected chi connectivity index (χ2v) is 5.70. The van der Waals surface area contributed by atoms with Crippen molar-refractivity contribution >= 4 is 28.3 Å². The zero-order chi connectivity index (χ0) is 13.7. The summed E-state index contributed by atoms with van der Waals surface area (Å²) in [7, 11) is 0. The lowest BCUT2D eigenvalue weighted by molar-refractivity contribution is 0.154. The first kappa shape index (κ1) is 17.9. The maximum Gasteiger partial charge on any atom is 0.137 e. The number of nitrogens with zero attached hydrogens (tertiary/aromatic N) is 1. The lowest BCUT2D eigenvalue weighted by Crippen LogP contribution is -2.45. The van der Waals surface area contributed by atoms with Crippen LogP contribution >= 0.6 is 28.3 Å². The molecule has 1 aromatic rings. The highest BCUT2D eigenvalue weighted by Gasteiger charge is 2.22. The summed E-state index contributed by atoms with van der Waals surface area (Å²) in [6.07, 6.45) is 1.60. The summed E-state index contributed by atoms with van der Waals surface area (Å²) in [5.41, 5.74) is 0.996. The number of hydrogen-bond acceptors (Lipinski definition) is 3. The van der Waals surface area contributed by atoms with E-state index in [0.717, 1.165) is 44.6 Å². The number of nitrogens with one attached hydrogen (secondary N) is 1. The van der Waals surface area contributed by atoms with E-state index < -0.39 is 0 Å². The molecule has 6 heteroatoms. The first-order valence-corrected chi connectivity index (χ1v) is 7.52. The number of aliphatic hydroxyl groups excluding tert-OH is 1. The van der Waals surface area contributed by atoms with Gasteiger partial charge in [-0.1, -0.05) is 6.07 Å². The van der Waals surface area contributed by atoms with Crippen molar-refractivity contribution in [3.63, 3.8) is 0 Å². The summed E-state index contributed by atoms with van der Waals surface area (Å²) in [5, 5.41) is 12.4. The normalized spacial score (nSPS) is 17.6. The Morgan fingerprint density at radius 2 is 2.05 bits per heavy atom. The minimum Gasteiger partial charge on any atom is -0.396 e. The van der Waals surface area contributed by atoms with E-state index in [0.29, 0.717) is 4.47 Å². The molecule has 0 spiro atoms. The van der Waals surface area contributed by atoms with Crippen LogP contribution in [-0.2, 0) is 0 Å². The Morgan fingerprint density at radius 3 is 2.65 bits per heavy atom. The van der Waals surface area contributed by atoms with Gasteiger partial charge in [0.15, 0.2) is 0 Å². The van der Waals surface area contributed by atoms with Crippen molar-refractivity contribution in [3.05, 3.63) is 34.1 Å². The Hall–Kier alpha value is -0.200. The molecule has 0 radical (unpaired) electrons. The van der Waals surface area contributed by atoms with E-state index in [9.17, 15) is 4.39 Å². The highest BCUT2D eigenvalue weighted by atomic mass is 79.9. The SMILES string of the molecule is Cl.OCCC[C@H](c1ccc(Br)c(F)c1)N1CCNCC1. The number of benzene rings is 1. The molecule has 0 aliphatic carbocycles. The molecule has 1 aliphatic heterocycles. The first-order chi connectivity index (χ1) is 9.22. The molecule has 1 aliphatic rings. The third-order valence-electron chi connectivity index (χ3n) is 3.56. The molecule has 1 saturated heterocycles. The Bertz CT molecular complexity index is 416. The molecule has 20 heavy (non-hydrogen) atoms. The molecule has 2 N–H and O–H groups in total.